The molecule has 0 spiro atoms. The summed E-state index contributed by atoms with van der Waals surface area (Å²) in [5.41, 5.74) is 0.784. The third-order valence-corrected chi connectivity index (χ3v) is 4.36. The molecule has 0 bridgehead atoms. The SMILES string of the molecule is CC(Br)c1ccc(-c2nc(C(F)(F)F)c(Br)n2C)cc1. The van der Waals surface area contributed by atoms with E-state index >= 15 is 0 Å². The zero-order valence-corrected chi connectivity index (χ0v) is 13.8. The third kappa shape index (κ3) is 2.93. The average molecular weight is 412 g/mol. The van der Waals surface area contributed by atoms with Crippen LogP contribution in [-0.2, 0) is 13.2 Å². The maximum atomic E-state index is 12.8. The Morgan fingerprint density at radius 1 is 1.20 bits per heavy atom. The Morgan fingerprint density at radius 3 is 2.15 bits per heavy atom. The van der Waals surface area contributed by atoms with Crippen molar-refractivity contribution in [2.24, 2.45) is 7.05 Å². The van der Waals surface area contributed by atoms with E-state index in [4.69, 9.17) is 0 Å². The summed E-state index contributed by atoms with van der Waals surface area (Å²) in [5.74, 6) is 0.276. The van der Waals surface area contributed by atoms with E-state index in [0.29, 0.717) is 5.56 Å². The van der Waals surface area contributed by atoms with E-state index in [9.17, 15) is 13.2 Å². The molecule has 1 unspecified atom stereocenters. The molecule has 7 heteroatoms. The van der Waals surface area contributed by atoms with Crippen molar-refractivity contribution in [1.82, 2.24) is 9.55 Å². The average Bonchev–Trinajstić information content (AvgIpc) is 2.66. The summed E-state index contributed by atoms with van der Waals surface area (Å²) in [6.45, 7) is 1.98. The normalized spacial score (nSPS) is 13.6. The van der Waals surface area contributed by atoms with Gasteiger partial charge in [0.25, 0.3) is 0 Å². The molecule has 0 radical (unpaired) electrons. The number of hydrogen-bond donors (Lipinski definition) is 0. The van der Waals surface area contributed by atoms with Crippen LogP contribution in [0.25, 0.3) is 11.4 Å². The van der Waals surface area contributed by atoms with Crippen LogP contribution in [0, 0.1) is 0 Å². The minimum Gasteiger partial charge on any atom is -0.321 e. The van der Waals surface area contributed by atoms with E-state index in [2.05, 4.69) is 36.8 Å². The van der Waals surface area contributed by atoms with Crippen molar-refractivity contribution < 1.29 is 13.2 Å². The molecule has 1 heterocycles. The van der Waals surface area contributed by atoms with Crippen molar-refractivity contribution in [3.8, 4) is 11.4 Å². The molecule has 2 aromatic rings. The Morgan fingerprint density at radius 2 is 1.75 bits per heavy atom. The molecule has 1 aromatic heterocycles. The first kappa shape index (κ1) is 15.6. The summed E-state index contributed by atoms with van der Waals surface area (Å²) in [6, 6.07) is 7.26. The molecule has 1 aromatic carbocycles. The summed E-state index contributed by atoms with van der Waals surface area (Å²) in [5, 5.41) is 0. The van der Waals surface area contributed by atoms with E-state index in [1.54, 1.807) is 19.2 Å². The molecule has 0 amide bonds. The van der Waals surface area contributed by atoms with E-state index < -0.39 is 11.9 Å². The fourth-order valence-corrected chi connectivity index (χ4v) is 2.60. The lowest BCUT2D eigenvalue weighted by Crippen LogP contribution is -2.06. The predicted molar refractivity (Wildman–Crippen MR) is 78.7 cm³/mol. The van der Waals surface area contributed by atoms with Crippen LogP contribution >= 0.6 is 31.9 Å². The van der Waals surface area contributed by atoms with Crippen molar-refractivity contribution >= 4 is 31.9 Å². The maximum Gasteiger partial charge on any atom is 0.436 e. The van der Waals surface area contributed by atoms with Gasteiger partial charge in [-0.1, -0.05) is 40.2 Å². The quantitative estimate of drug-likeness (QED) is 0.611. The van der Waals surface area contributed by atoms with Gasteiger partial charge in [-0.05, 0) is 28.4 Å². The maximum absolute atomic E-state index is 12.8. The molecular weight excluding hydrogens is 401 g/mol. The van der Waals surface area contributed by atoms with E-state index in [-0.39, 0.29) is 15.3 Å². The van der Waals surface area contributed by atoms with Gasteiger partial charge in [-0.3, -0.25) is 0 Å². The minimum absolute atomic E-state index is 0.0714. The van der Waals surface area contributed by atoms with E-state index in [0.717, 1.165) is 5.56 Å². The molecule has 2 nitrogen and oxygen atoms in total. The monoisotopic (exact) mass is 410 g/mol. The molecule has 1 atom stereocenters. The zero-order valence-electron chi connectivity index (χ0n) is 10.7. The van der Waals surface area contributed by atoms with Crippen LogP contribution in [0.5, 0.6) is 0 Å². The minimum atomic E-state index is -4.47. The summed E-state index contributed by atoms with van der Waals surface area (Å²) < 4.78 is 39.8. The Kier molecular flexibility index (Phi) is 4.30. The second kappa shape index (κ2) is 5.52. The Bertz CT molecular complexity index is 616. The first-order chi connectivity index (χ1) is 9.21. The number of rotatable bonds is 2. The summed E-state index contributed by atoms with van der Waals surface area (Å²) >= 11 is 6.39. The van der Waals surface area contributed by atoms with Gasteiger partial charge in [0, 0.05) is 17.4 Å². The van der Waals surface area contributed by atoms with Gasteiger partial charge in [0.05, 0.1) is 0 Å². The molecule has 0 aliphatic carbocycles. The summed E-state index contributed by atoms with van der Waals surface area (Å²) in [7, 11) is 1.54. The highest BCUT2D eigenvalue weighted by atomic mass is 79.9. The molecule has 108 valence electrons. The number of benzene rings is 1. The van der Waals surface area contributed by atoms with E-state index in [1.165, 1.54) is 4.57 Å². The topological polar surface area (TPSA) is 17.8 Å². The lowest BCUT2D eigenvalue weighted by molar-refractivity contribution is -0.141. The Balaban J connectivity index is 2.48. The van der Waals surface area contributed by atoms with Gasteiger partial charge in [-0.25, -0.2) is 4.98 Å². The van der Waals surface area contributed by atoms with Gasteiger partial charge in [0.1, 0.15) is 10.4 Å². The van der Waals surface area contributed by atoms with Crippen LogP contribution in [0.4, 0.5) is 13.2 Å². The Labute approximate surface area is 131 Å². The molecular formula is C13H11Br2F3N2. The largest absolute Gasteiger partial charge is 0.436 e. The van der Waals surface area contributed by atoms with Crippen LogP contribution in [-0.4, -0.2) is 9.55 Å². The highest BCUT2D eigenvalue weighted by Gasteiger charge is 2.38. The summed E-state index contributed by atoms with van der Waals surface area (Å²) in [4.78, 5) is 3.89. The summed E-state index contributed by atoms with van der Waals surface area (Å²) in [6.07, 6.45) is -4.47. The number of alkyl halides is 4. The highest BCUT2D eigenvalue weighted by Crippen LogP contribution is 2.36. The van der Waals surface area contributed by atoms with Gasteiger partial charge >= 0.3 is 6.18 Å². The van der Waals surface area contributed by atoms with Gasteiger partial charge in [0.15, 0.2) is 5.69 Å². The lowest BCUT2D eigenvalue weighted by Gasteiger charge is -2.06. The van der Waals surface area contributed by atoms with Crippen molar-refractivity contribution in [2.75, 3.05) is 0 Å². The fourth-order valence-electron chi connectivity index (χ4n) is 1.81. The van der Waals surface area contributed by atoms with Gasteiger partial charge in [-0.15, -0.1) is 0 Å². The predicted octanol–water partition coefficient (Wildman–Crippen LogP) is 5.32. The number of nitrogens with zero attached hydrogens (tertiary/aromatic N) is 2. The lowest BCUT2D eigenvalue weighted by atomic mass is 10.1. The number of halogens is 5. The fraction of sp³-hybridized carbons (Fsp3) is 0.308. The highest BCUT2D eigenvalue weighted by molar-refractivity contribution is 9.10. The second-order valence-electron chi connectivity index (χ2n) is 4.37. The van der Waals surface area contributed by atoms with Crippen LogP contribution in [0.2, 0.25) is 0 Å². The van der Waals surface area contributed by atoms with Crippen molar-refractivity contribution in [3.63, 3.8) is 0 Å². The van der Waals surface area contributed by atoms with Gasteiger partial charge in [-0.2, -0.15) is 13.2 Å². The van der Waals surface area contributed by atoms with Crippen molar-refractivity contribution in [1.29, 1.82) is 0 Å². The zero-order chi connectivity index (χ0) is 15.1. The first-order valence-corrected chi connectivity index (χ1v) is 7.46. The molecule has 0 saturated heterocycles. The number of aromatic nitrogens is 2. The molecule has 0 aliphatic rings. The van der Waals surface area contributed by atoms with Gasteiger partial charge in [0.2, 0.25) is 0 Å². The second-order valence-corrected chi connectivity index (χ2v) is 6.49. The standard InChI is InChI=1S/C13H11Br2F3N2/c1-7(14)8-3-5-9(6-4-8)12-19-10(13(16,17)18)11(15)20(12)2/h3-7H,1-2H3. The molecule has 0 N–H and O–H groups in total. The van der Waals surface area contributed by atoms with Crippen molar-refractivity contribution in [2.45, 2.75) is 17.9 Å². The third-order valence-electron chi connectivity index (χ3n) is 2.92. The molecule has 20 heavy (non-hydrogen) atoms. The number of hydrogen-bond acceptors (Lipinski definition) is 1. The van der Waals surface area contributed by atoms with Crippen LogP contribution in [0.1, 0.15) is 23.0 Å². The number of imidazole rings is 1. The molecule has 0 saturated carbocycles. The Hall–Kier alpha value is -0.820. The van der Waals surface area contributed by atoms with Crippen molar-refractivity contribution in [3.05, 3.63) is 40.1 Å². The molecule has 0 aliphatic heterocycles. The van der Waals surface area contributed by atoms with E-state index in [1.807, 2.05) is 19.1 Å². The van der Waals surface area contributed by atoms with Crippen LogP contribution < -0.4 is 0 Å². The van der Waals surface area contributed by atoms with Gasteiger partial charge < -0.3 is 4.57 Å². The van der Waals surface area contributed by atoms with Crippen LogP contribution in [0.15, 0.2) is 28.9 Å². The molecule has 0 fully saturated rings. The van der Waals surface area contributed by atoms with Crippen LogP contribution in [0.3, 0.4) is 0 Å². The smallest absolute Gasteiger partial charge is 0.321 e. The molecule has 2 rings (SSSR count). The first-order valence-electron chi connectivity index (χ1n) is 5.75.